The van der Waals surface area contributed by atoms with Crippen LogP contribution < -0.4 is 15.0 Å². The van der Waals surface area contributed by atoms with Crippen molar-refractivity contribution >= 4 is 23.2 Å². The molecule has 0 aromatic heterocycles. The zero-order valence-corrected chi connectivity index (χ0v) is 15.9. The van der Waals surface area contributed by atoms with Crippen molar-refractivity contribution in [1.29, 1.82) is 0 Å². The fourth-order valence-electron chi connectivity index (χ4n) is 3.46. The first kappa shape index (κ1) is 18.9. The molecule has 1 heterocycles. The molecule has 6 heteroatoms. The van der Waals surface area contributed by atoms with Crippen LogP contribution in [-0.2, 0) is 16.0 Å². The van der Waals surface area contributed by atoms with Gasteiger partial charge in [0.1, 0.15) is 5.75 Å². The first-order chi connectivity index (χ1) is 13.0. The molecule has 0 radical (unpaired) electrons. The third-order valence-corrected chi connectivity index (χ3v) is 4.65. The molecule has 2 amide bonds. The van der Waals surface area contributed by atoms with E-state index in [9.17, 15) is 9.59 Å². The highest BCUT2D eigenvalue weighted by atomic mass is 16.5. The van der Waals surface area contributed by atoms with Crippen molar-refractivity contribution in [3.05, 3.63) is 54.1 Å². The van der Waals surface area contributed by atoms with E-state index in [0.717, 1.165) is 12.1 Å². The highest BCUT2D eigenvalue weighted by Gasteiger charge is 2.30. The molecule has 1 aliphatic rings. The molecule has 27 heavy (non-hydrogen) atoms. The van der Waals surface area contributed by atoms with Gasteiger partial charge >= 0.3 is 0 Å². The predicted octanol–water partition coefficient (Wildman–Crippen LogP) is 2.54. The summed E-state index contributed by atoms with van der Waals surface area (Å²) in [4.78, 5) is 28.6. The normalized spacial score (nSPS) is 15.6. The third-order valence-electron chi connectivity index (χ3n) is 4.65. The Hall–Kier alpha value is -2.86. The van der Waals surface area contributed by atoms with E-state index in [-0.39, 0.29) is 30.9 Å². The topological polar surface area (TPSA) is 61.9 Å². The Bertz CT molecular complexity index is 837. The molecule has 0 bridgehead atoms. The Morgan fingerprint density at radius 3 is 2.74 bits per heavy atom. The van der Waals surface area contributed by atoms with Gasteiger partial charge < -0.3 is 15.0 Å². The number of para-hydroxylation sites is 1. The lowest BCUT2D eigenvalue weighted by Crippen LogP contribution is -2.43. The monoisotopic (exact) mass is 367 g/mol. The molecule has 0 aliphatic carbocycles. The second kappa shape index (κ2) is 8.22. The Morgan fingerprint density at radius 1 is 1.19 bits per heavy atom. The van der Waals surface area contributed by atoms with Crippen LogP contribution in [0.15, 0.2) is 48.5 Å². The summed E-state index contributed by atoms with van der Waals surface area (Å²) >= 11 is 0. The summed E-state index contributed by atoms with van der Waals surface area (Å²) in [5, 5.41) is 2.83. The second-order valence-corrected chi connectivity index (χ2v) is 6.90. The van der Waals surface area contributed by atoms with Gasteiger partial charge in [-0.25, -0.2) is 0 Å². The summed E-state index contributed by atoms with van der Waals surface area (Å²) in [7, 11) is 3.35. The number of anilines is 2. The van der Waals surface area contributed by atoms with E-state index in [0.29, 0.717) is 11.4 Å². The predicted molar refractivity (Wildman–Crippen MR) is 106 cm³/mol. The second-order valence-electron chi connectivity index (χ2n) is 6.90. The van der Waals surface area contributed by atoms with E-state index in [2.05, 4.69) is 11.4 Å². The van der Waals surface area contributed by atoms with Crippen LogP contribution in [0.5, 0.6) is 5.75 Å². The van der Waals surface area contributed by atoms with Gasteiger partial charge in [0, 0.05) is 23.5 Å². The lowest BCUT2D eigenvalue weighted by molar-refractivity contribution is -0.121. The number of rotatable bonds is 6. The molecule has 2 aromatic rings. The smallest absolute Gasteiger partial charge is 0.241 e. The summed E-state index contributed by atoms with van der Waals surface area (Å²) in [6, 6.07) is 15.3. The number of benzene rings is 2. The minimum Gasteiger partial charge on any atom is -0.497 e. The van der Waals surface area contributed by atoms with Gasteiger partial charge in [-0.05, 0) is 44.2 Å². The fourth-order valence-corrected chi connectivity index (χ4v) is 3.46. The summed E-state index contributed by atoms with van der Waals surface area (Å²) in [5.74, 6) is 0.510. The van der Waals surface area contributed by atoms with Crippen LogP contribution >= 0.6 is 0 Å². The summed E-state index contributed by atoms with van der Waals surface area (Å²) in [5.41, 5.74) is 2.84. The van der Waals surface area contributed by atoms with Gasteiger partial charge in [0.15, 0.2) is 0 Å². The largest absolute Gasteiger partial charge is 0.497 e. The van der Waals surface area contributed by atoms with Crippen molar-refractivity contribution in [2.45, 2.75) is 19.4 Å². The number of fused-ring (bicyclic) bond motifs is 1. The number of ether oxygens (including phenoxy) is 1. The Labute approximate surface area is 159 Å². The number of likely N-dealkylation sites (N-methyl/N-ethyl adjacent to an activating group) is 1. The minimum atomic E-state index is -0.173. The van der Waals surface area contributed by atoms with Crippen LogP contribution in [0.1, 0.15) is 12.5 Å². The number of nitrogens with one attached hydrogen (secondary N) is 1. The Kier molecular flexibility index (Phi) is 5.76. The van der Waals surface area contributed by atoms with Gasteiger partial charge in [0.2, 0.25) is 11.8 Å². The maximum Gasteiger partial charge on any atom is 0.241 e. The highest BCUT2D eigenvalue weighted by molar-refractivity contribution is 5.98. The highest BCUT2D eigenvalue weighted by Crippen LogP contribution is 2.31. The number of carbonyl (C=O) groups is 2. The Balaban J connectivity index is 1.56. The zero-order valence-electron chi connectivity index (χ0n) is 15.9. The van der Waals surface area contributed by atoms with Gasteiger partial charge in [0.05, 0.1) is 20.2 Å². The van der Waals surface area contributed by atoms with Gasteiger partial charge in [-0.3, -0.25) is 14.5 Å². The first-order valence-electron chi connectivity index (χ1n) is 9.00. The van der Waals surface area contributed by atoms with Crippen LogP contribution in [0.2, 0.25) is 0 Å². The fraction of sp³-hybridized carbons (Fsp3) is 0.333. The van der Waals surface area contributed by atoms with E-state index in [1.165, 1.54) is 5.56 Å². The van der Waals surface area contributed by atoms with Crippen LogP contribution in [0, 0.1) is 0 Å². The average molecular weight is 367 g/mol. The van der Waals surface area contributed by atoms with Gasteiger partial charge in [-0.1, -0.05) is 24.3 Å². The van der Waals surface area contributed by atoms with Crippen LogP contribution in [0.25, 0.3) is 0 Å². The molecule has 0 saturated heterocycles. The molecule has 6 nitrogen and oxygen atoms in total. The molecule has 0 saturated carbocycles. The third kappa shape index (κ3) is 4.46. The van der Waals surface area contributed by atoms with E-state index < -0.39 is 0 Å². The lowest BCUT2D eigenvalue weighted by Gasteiger charge is -2.25. The molecular weight excluding hydrogens is 342 g/mol. The van der Waals surface area contributed by atoms with Crippen molar-refractivity contribution in [2.24, 2.45) is 0 Å². The molecule has 0 spiro atoms. The van der Waals surface area contributed by atoms with E-state index in [1.807, 2.05) is 42.2 Å². The summed E-state index contributed by atoms with van der Waals surface area (Å²) in [6.07, 6.45) is 0.863. The maximum atomic E-state index is 12.8. The number of carbonyl (C=O) groups excluding carboxylic acids is 2. The van der Waals surface area contributed by atoms with Gasteiger partial charge in [0.25, 0.3) is 0 Å². The van der Waals surface area contributed by atoms with Gasteiger partial charge in [-0.2, -0.15) is 0 Å². The van der Waals surface area contributed by atoms with Crippen LogP contribution in [0.4, 0.5) is 11.4 Å². The van der Waals surface area contributed by atoms with E-state index >= 15 is 0 Å². The number of methoxy groups -OCH3 is 1. The first-order valence-corrected chi connectivity index (χ1v) is 9.00. The maximum absolute atomic E-state index is 12.8. The quantitative estimate of drug-likeness (QED) is 0.852. The van der Waals surface area contributed by atoms with Crippen molar-refractivity contribution < 1.29 is 14.3 Å². The number of amides is 2. The minimum absolute atomic E-state index is 0.00382. The van der Waals surface area contributed by atoms with Crippen LogP contribution in [-0.4, -0.2) is 50.0 Å². The molecule has 1 atom stereocenters. The van der Waals surface area contributed by atoms with Gasteiger partial charge in [-0.15, -0.1) is 0 Å². The number of hydrogen-bond acceptors (Lipinski definition) is 4. The molecular formula is C21H25N3O3. The van der Waals surface area contributed by atoms with Crippen molar-refractivity contribution in [2.75, 3.05) is 37.5 Å². The molecule has 2 aromatic carbocycles. The van der Waals surface area contributed by atoms with E-state index in [4.69, 9.17) is 4.74 Å². The number of nitrogens with zero attached hydrogens (tertiary/aromatic N) is 2. The molecule has 1 aliphatic heterocycles. The van der Waals surface area contributed by atoms with Crippen molar-refractivity contribution in [1.82, 2.24) is 4.90 Å². The average Bonchev–Trinajstić information content (AvgIpc) is 2.97. The molecule has 0 fully saturated rings. The SMILES string of the molecule is COc1cccc(NC(=O)CN(C)CC(=O)N2c3ccccc3C[C@H]2C)c1. The number of hydrogen-bond donors (Lipinski definition) is 1. The van der Waals surface area contributed by atoms with E-state index in [1.54, 1.807) is 31.2 Å². The Morgan fingerprint density at radius 2 is 1.96 bits per heavy atom. The van der Waals surface area contributed by atoms with Crippen molar-refractivity contribution in [3.63, 3.8) is 0 Å². The molecule has 142 valence electrons. The molecule has 3 rings (SSSR count). The van der Waals surface area contributed by atoms with Crippen LogP contribution in [0.3, 0.4) is 0 Å². The summed E-state index contributed by atoms with van der Waals surface area (Å²) in [6.45, 7) is 2.37. The lowest BCUT2D eigenvalue weighted by atomic mass is 10.1. The van der Waals surface area contributed by atoms with Crippen molar-refractivity contribution in [3.8, 4) is 5.75 Å². The molecule has 0 unspecified atom stereocenters. The standard InChI is InChI=1S/C21H25N3O3/c1-15-11-16-7-4-5-10-19(16)24(15)21(26)14-23(2)13-20(25)22-17-8-6-9-18(12-17)27-3/h4-10,12,15H,11,13-14H2,1-3H3,(H,22,25)/t15-/m1/s1. The zero-order chi connectivity index (χ0) is 19.4. The summed E-state index contributed by atoms with van der Waals surface area (Å²) < 4.78 is 5.15. The molecule has 1 N–H and O–H groups in total.